The molecule has 0 saturated carbocycles. The third-order valence-electron chi connectivity index (χ3n) is 4.89. The minimum atomic E-state index is -0.742. The zero-order valence-electron chi connectivity index (χ0n) is 16.1. The Kier molecular flexibility index (Phi) is 8.84. The van der Waals surface area contributed by atoms with Crippen LogP contribution in [0.4, 0.5) is 0 Å². The summed E-state index contributed by atoms with van der Waals surface area (Å²) in [6.45, 7) is 10.3. The first-order valence-corrected chi connectivity index (χ1v) is 10.2. The van der Waals surface area contributed by atoms with Crippen LogP contribution in [0.15, 0.2) is 12.1 Å². The average molecular weight is 348 g/mol. The van der Waals surface area contributed by atoms with E-state index < -0.39 is 5.16 Å². The van der Waals surface area contributed by atoms with Crippen molar-refractivity contribution in [2.45, 2.75) is 91.1 Å². The molecule has 0 bridgehead atoms. The van der Waals surface area contributed by atoms with Gasteiger partial charge in [0.2, 0.25) is 0 Å². The lowest BCUT2D eigenvalue weighted by molar-refractivity contribution is 0.0924. The number of hydrogen-bond donors (Lipinski definition) is 0. The number of Topliss-reactive ketones (excluding diaryl/α,β-unsaturated/α-hetero) is 1. The molecule has 3 heteroatoms. The summed E-state index contributed by atoms with van der Waals surface area (Å²) < 4.78 is 12.2. The fourth-order valence-electron chi connectivity index (χ4n) is 3.57. The second-order valence-electron chi connectivity index (χ2n) is 7.14. The minimum absolute atomic E-state index is 0.0112. The van der Waals surface area contributed by atoms with Crippen LogP contribution in [0.2, 0.25) is 0 Å². The molecule has 134 valence electrons. The lowest BCUT2D eigenvalue weighted by Gasteiger charge is -2.27. The van der Waals surface area contributed by atoms with Gasteiger partial charge in [-0.1, -0.05) is 70.1 Å². The van der Waals surface area contributed by atoms with Crippen molar-refractivity contribution >= 4 is 14.2 Å². The summed E-state index contributed by atoms with van der Waals surface area (Å²) in [6, 6.07) is 4.12. The summed E-state index contributed by atoms with van der Waals surface area (Å²) in [5, 5.41) is -0.742. The summed E-state index contributed by atoms with van der Waals surface area (Å²) in [7, 11) is -0.0112. The van der Waals surface area contributed by atoms with Crippen molar-refractivity contribution < 1.29 is 9.36 Å². The van der Waals surface area contributed by atoms with Crippen molar-refractivity contribution in [2.24, 2.45) is 0 Å². The third-order valence-corrected chi connectivity index (χ3v) is 5.89. The van der Waals surface area contributed by atoms with E-state index in [9.17, 15) is 9.36 Å². The molecule has 0 N–H and O–H groups in total. The van der Waals surface area contributed by atoms with E-state index in [4.69, 9.17) is 0 Å². The largest absolute Gasteiger partial charge is 0.293 e. The van der Waals surface area contributed by atoms with E-state index in [2.05, 4.69) is 32.9 Å². The number of hydrogen-bond acceptors (Lipinski definition) is 2. The highest BCUT2D eigenvalue weighted by Gasteiger charge is 2.40. The van der Waals surface area contributed by atoms with Crippen molar-refractivity contribution in [2.75, 3.05) is 0 Å². The molecule has 0 spiro atoms. The molecule has 0 fully saturated rings. The van der Waals surface area contributed by atoms with E-state index >= 15 is 0 Å². The first kappa shape index (κ1) is 21.0. The molecule has 0 radical (unpaired) electrons. The molecule has 1 rings (SSSR count). The molecule has 0 aliphatic rings. The van der Waals surface area contributed by atoms with Gasteiger partial charge < -0.3 is 0 Å². The Morgan fingerprint density at radius 1 is 0.917 bits per heavy atom. The predicted molar refractivity (Wildman–Crippen MR) is 104 cm³/mol. The number of aryl methyl sites for hydroxylation is 3. The molecule has 1 unspecified atom stereocenters. The van der Waals surface area contributed by atoms with Crippen LogP contribution in [0, 0.1) is 20.8 Å². The van der Waals surface area contributed by atoms with Crippen molar-refractivity contribution in [3.05, 3.63) is 34.4 Å². The first-order chi connectivity index (χ1) is 11.4. The fourth-order valence-corrected chi connectivity index (χ4v) is 4.26. The Morgan fingerprint density at radius 2 is 1.46 bits per heavy atom. The van der Waals surface area contributed by atoms with E-state index in [0.29, 0.717) is 6.42 Å². The molecular formula is C21H33O2P. The highest BCUT2D eigenvalue weighted by Crippen LogP contribution is 2.39. The van der Waals surface area contributed by atoms with Crippen molar-refractivity contribution in [1.82, 2.24) is 0 Å². The maximum atomic E-state index is 13.4. The van der Waals surface area contributed by atoms with Crippen LogP contribution in [0.3, 0.4) is 0 Å². The Bertz CT molecular complexity index is 542. The van der Waals surface area contributed by atoms with Gasteiger partial charge in [0.15, 0.2) is 14.2 Å². The van der Waals surface area contributed by atoms with Crippen LogP contribution < -0.4 is 0 Å². The second kappa shape index (κ2) is 10.1. The predicted octanol–water partition coefficient (Wildman–Crippen LogP) is 6.99. The van der Waals surface area contributed by atoms with E-state index in [-0.39, 0.29) is 14.2 Å². The second-order valence-corrected chi connectivity index (χ2v) is 8.18. The number of carbonyl (C=O) groups excluding carboxylic acids is 1. The lowest BCUT2D eigenvalue weighted by Crippen LogP contribution is -2.34. The SMILES string of the molecule is CCCCCCC(CCCC)(P=O)C(=O)c1c(C)cc(C)cc1C. The van der Waals surface area contributed by atoms with Crippen LogP contribution in [0.25, 0.3) is 0 Å². The normalized spacial score (nSPS) is 13.9. The summed E-state index contributed by atoms with van der Waals surface area (Å²) >= 11 is 0. The molecule has 0 saturated heterocycles. The van der Waals surface area contributed by atoms with E-state index in [1.165, 1.54) is 18.4 Å². The molecule has 1 aromatic carbocycles. The summed E-state index contributed by atoms with van der Waals surface area (Å²) in [4.78, 5) is 13.4. The molecule has 1 atom stereocenters. The monoisotopic (exact) mass is 348 g/mol. The highest BCUT2D eigenvalue weighted by atomic mass is 31.1. The summed E-state index contributed by atoms with van der Waals surface area (Å²) in [5.74, 6) is 0.0825. The van der Waals surface area contributed by atoms with Gasteiger partial charge in [-0.15, -0.1) is 0 Å². The Labute approximate surface area is 149 Å². The van der Waals surface area contributed by atoms with E-state index in [1.54, 1.807) is 0 Å². The molecule has 1 aromatic rings. The van der Waals surface area contributed by atoms with Gasteiger partial charge in [-0.3, -0.25) is 9.36 Å². The van der Waals surface area contributed by atoms with Gasteiger partial charge >= 0.3 is 0 Å². The van der Waals surface area contributed by atoms with Gasteiger partial charge in [0.05, 0.1) is 0 Å². The van der Waals surface area contributed by atoms with Crippen LogP contribution in [0.1, 0.15) is 92.3 Å². The van der Waals surface area contributed by atoms with Crippen LogP contribution in [0.5, 0.6) is 0 Å². The number of rotatable bonds is 11. The molecule has 2 nitrogen and oxygen atoms in total. The quantitative estimate of drug-likeness (QED) is 0.245. The van der Waals surface area contributed by atoms with E-state index in [1.807, 2.05) is 13.8 Å². The molecule has 24 heavy (non-hydrogen) atoms. The molecule has 0 aromatic heterocycles. The Hall–Kier alpha value is -1.01. The maximum absolute atomic E-state index is 13.4. The fraction of sp³-hybridized carbons (Fsp3) is 0.667. The van der Waals surface area contributed by atoms with Crippen LogP contribution in [-0.4, -0.2) is 10.9 Å². The highest BCUT2D eigenvalue weighted by molar-refractivity contribution is 7.28. The van der Waals surface area contributed by atoms with Gasteiger partial charge in [-0.2, -0.15) is 0 Å². The summed E-state index contributed by atoms with van der Waals surface area (Å²) in [5.41, 5.74) is 3.98. The van der Waals surface area contributed by atoms with Crippen LogP contribution in [-0.2, 0) is 4.57 Å². The van der Waals surface area contributed by atoms with Crippen molar-refractivity contribution in [3.63, 3.8) is 0 Å². The Balaban J connectivity index is 3.17. The third kappa shape index (κ3) is 5.24. The van der Waals surface area contributed by atoms with Gasteiger partial charge in [-0.05, 0) is 44.7 Å². The standard InChI is InChI=1S/C21H33O2P/c1-6-8-10-11-13-21(24-23,12-9-7-2)20(22)19-17(4)14-16(3)15-18(19)5/h14-15H,6-13H2,1-5H3. The van der Waals surface area contributed by atoms with Crippen molar-refractivity contribution in [1.29, 1.82) is 0 Å². The van der Waals surface area contributed by atoms with Crippen LogP contribution >= 0.6 is 8.46 Å². The van der Waals surface area contributed by atoms with Crippen molar-refractivity contribution in [3.8, 4) is 0 Å². The summed E-state index contributed by atoms with van der Waals surface area (Å²) in [6.07, 6.45) is 7.83. The topological polar surface area (TPSA) is 34.1 Å². The van der Waals surface area contributed by atoms with Gasteiger partial charge in [-0.25, -0.2) is 0 Å². The smallest absolute Gasteiger partial charge is 0.181 e. The van der Waals surface area contributed by atoms with Gasteiger partial charge in [0, 0.05) is 5.56 Å². The number of benzene rings is 1. The molecule has 0 aliphatic heterocycles. The number of carbonyl (C=O) groups is 1. The molecule has 0 amide bonds. The number of ketones is 1. The zero-order valence-corrected chi connectivity index (χ0v) is 17.0. The average Bonchev–Trinajstić information content (AvgIpc) is 2.53. The molecular weight excluding hydrogens is 315 g/mol. The van der Waals surface area contributed by atoms with Gasteiger partial charge in [0.1, 0.15) is 5.16 Å². The maximum Gasteiger partial charge on any atom is 0.181 e. The number of unbranched alkanes of at least 4 members (excludes halogenated alkanes) is 4. The zero-order chi connectivity index (χ0) is 18.2. The lowest BCUT2D eigenvalue weighted by atomic mass is 9.83. The minimum Gasteiger partial charge on any atom is -0.293 e. The van der Waals surface area contributed by atoms with Gasteiger partial charge in [0.25, 0.3) is 0 Å². The molecule has 0 aliphatic carbocycles. The van der Waals surface area contributed by atoms with E-state index in [0.717, 1.165) is 48.8 Å². The molecule has 0 heterocycles. The first-order valence-electron chi connectivity index (χ1n) is 9.39. The Morgan fingerprint density at radius 3 is 1.96 bits per heavy atom.